The van der Waals surface area contributed by atoms with Crippen molar-refractivity contribution in [2.45, 2.75) is 39.3 Å². The third kappa shape index (κ3) is 8.79. The summed E-state index contributed by atoms with van der Waals surface area (Å²) in [6, 6.07) is 8.36. The number of amides is 1. The van der Waals surface area contributed by atoms with Crippen LogP contribution in [0.1, 0.15) is 39.3 Å². The highest BCUT2D eigenvalue weighted by Crippen LogP contribution is 2.07. The van der Waals surface area contributed by atoms with Crippen molar-refractivity contribution >= 4 is 11.9 Å². The Morgan fingerprint density at radius 1 is 1.16 bits per heavy atom. The zero-order chi connectivity index (χ0) is 15.1. The molecule has 1 aromatic rings. The van der Waals surface area contributed by atoms with Crippen LogP contribution in [0.4, 0.5) is 0 Å². The van der Waals surface area contributed by atoms with E-state index in [4.69, 9.17) is 16.2 Å². The Morgan fingerprint density at radius 2 is 1.63 bits per heavy atom. The molecule has 0 spiro atoms. The molecule has 0 aliphatic rings. The van der Waals surface area contributed by atoms with Gasteiger partial charge in [-0.2, -0.15) is 0 Å². The van der Waals surface area contributed by atoms with Gasteiger partial charge in [-0.15, -0.1) is 0 Å². The lowest BCUT2D eigenvalue weighted by Gasteiger charge is -2.17. The van der Waals surface area contributed by atoms with Gasteiger partial charge in [-0.1, -0.05) is 30.3 Å². The molecule has 1 atom stereocenters. The first-order valence-electron chi connectivity index (χ1n) is 5.93. The van der Waals surface area contributed by atoms with Crippen LogP contribution in [-0.2, 0) is 14.3 Å². The van der Waals surface area contributed by atoms with Crippen LogP contribution in [-0.4, -0.2) is 17.5 Å². The maximum Gasteiger partial charge on any atom is 0.303 e. The van der Waals surface area contributed by atoms with Gasteiger partial charge in [-0.05, 0) is 26.3 Å². The highest BCUT2D eigenvalue weighted by Gasteiger charge is 2.11. The highest BCUT2D eigenvalue weighted by atomic mass is 16.6. The first-order chi connectivity index (χ1) is 8.63. The summed E-state index contributed by atoms with van der Waals surface area (Å²) in [5, 5.41) is 0. The number of rotatable bonds is 2. The van der Waals surface area contributed by atoms with Crippen LogP contribution in [0.2, 0.25) is 0 Å². The van der Waals surface area contributed by atoms with E-state index in [1.165, 1.54) is 6.92 Å². The average Bonchev–Trinajstić information content (AvgIpc) is 2.26. The predicted octanol–water partition coefficient (Wildman–Crippen LogP) is 1.52. The summed E-state index contributed by atoms with van der Waals surface area (Å²) in [4.78, 5) is 20.8. The van der Waals surface area contributed by atoms with Crippen molar-refractivity contribution in [3.8, 4) is 0 Å². The van der Waals surface area contributed by atoms with Crippen LogP contribution >= 0.6 is 0 Å². The Balaban J connectivity index is 0.000000362. The molecule has 0 bridgehead atoms. The lowest BCUT2D eigenvalue weighted by molar-refractivity contribution is -0.151. The van der Waals surface area contributed by atoms with E-state index in [0.29, 0.717) is 0 Å². The molecule has 0 saturated heterocycles. The average molecular weight is 266 g/mol. The number of ether oxygens (including phenoxy) is 1. The molecule has 0 aromatic heterocycles. The Morgan fingerprint density at radius 3 is 1.89 bits per heavy atom. The van der Waals surface area contributed by atoms with E-state index in [1.54, 1.807) is 12.1 Å². The number of primary amides is 1. The highest BCUT2D eigenvalue weighted by molar-refractivity contribution is 5.81. The number of hydrogen-bond donors (Lipinski definition) is 2. The van der Waals surface area contributed by atoms with Gasteiger partial charge in [0.15, 0.2) is 0 Å². The quantitative estimate of drug-likeness (QED) is 0.793. The summed E-state index contributed by atoms with van der Waals surface area (Å²) in [6.45, 7) is 6.93. The molecule has 1 amide bonds. The topological polar surface area (TPSA) is 95.4 Å². The van der Waals surface area contributed by atoms with Crippen molar-refractivity contribution in [1.82, 2.24) is 0 Å². The lowest BCUT2D eigenvalue weighted by Crippen LogP contribution is -2.27. The number of nitrogens with two attached hydrogens (primary N) is 2. The van der Waals surface area contributed by atoms with Crippen LogP contribution in [0, 0.1) is 0 Å². The van der Waals surface area contributed by atoms with Crippen molar-refractivity contribution in [1.29, 1.82) is 0 Å². The summed E-state index contributed by atoms with van der Waals surface area (Å²) in [6.07, 6.45) is 0. The monoisotopic (exact) mass is 266 g/mol. The molecule has 0 heterocycles. The molecule has 0 fully saturated rings. The summed E-state index contributed by atoms with van der Waals surface area (Å²) < 4.78 is 4.80. The van der Waals surface area contributed by atoms with Gasteiger partial charge in [0.2, 0.25) is 5.91 Å². The molecule has 1 rings (SSSR count). The minimum atomic E-state index is -0.684. The largest absolute Gasteiger partial charge is 0.460 e. The number of benzene rings is 1. The molecule has 1 aromatic carbocycles. The molecule has 4 N–H and O–H groups in total. The maximum atomic E-state index is 10.6. The van der Waals surface area contributed by atoms with Crippen LogP contribution in [0.3, 0.4) is 0 Å². The summed E-state index contributed by atoms with van der Waals surface area (Å²) in [7, 11) is 0. The van der Waals surface area contributed by atoms with Gasteiger partial charge in [0.05, 0.1) is 0 Å². The van der Waals surface area contributed by atoms with Crippen molar-refractivity contribution in [3.05, 3.63) is 35.9 Å². The van der Waals surface area contributed by atoms with Crippen molar-refractivity contribution in [2.75, 3.05) is 0 Å². The SMILES string of the molecule is CC(=O)OC(C)(C)C.NC(=O)[C@H](N)c1ccccc1. The third-order valence-corrected chi connectivity index (χ3v) is 1.92. The lowest BCUT2D eigenvalue weighted by atomic mass is 10.1. The summed E-state index contributed by atoms with van der Waals surface area (Å²) in [5.74, 6) is -0.728. The van der Waals surface area contributed by atoms with Gasteiger partial charge in [0.25, 0.3) is 0 Å². The van der Waals surface area contributed by atoms with E-state index < -0.39 is 11.9 Å². The Kier molecular flexibility index (Phi) is 6.79. The van der Waals surface area contributed by atoms with E-state index in [-0.39, 0.29) is 11.6 Å². The zero-order valence-electron chi connectivity index (χ0n) is 11.8. The van der Waals surface area contributed by atoms with Gasteiger partial charge in [0, 0.05) is 6.92 Å². The number of hydrogen-bond acceptors (Lipinski definition) is 4. The summed E-state index contributed by atoms with van der Waals surface area (Å²) >= 11 is 0. The number of esters is 1. The zero-order valence-corrected chi connectivity index (χ0v) is 11.8. The Bertz CT molecular complexity index is 410. The van der Waals surface area contributed by atoms with Crippen LogP contribution in [0.25, 0.3) is 0 Å². The second kappa shape index (κ2) is 7.53. The number of carbonyl (C=O) groups is 2. The molecule has 5 nitrogen and oxygen atoms in total. The maximum absolute atomic E-state index is 10.6. The summed E-state index contributed by atoms with van der Waals surface area (Å²) in [5.41, 5.74) is 10.9. The molecule has 0 radical (unpaired) electrons. The van der Waals surface area contributed by atoms with Crippen LogP contribution in [0.15, 0.2) is 30.3 Å². The molecule has 0 aliphatic carbocycles. The molecular formula is C14H22N2O3. The second-order valence-corrected chi connectivity index (χ2v) is 5.00. The minimum Gasteiger partial charge on any atom is -0.460 e. The minimum absolute atomic E-state index is 0.225. The van der Waals surface area contributed by atoms with Gasteiger partial charge in [-0.25, -0.2) is 0 Å². The fourth-order valence-corrected chi connectivity index (χ4v) is 1.26. The molecule has 106 valence electrons. The molecule has 0 unspecified atom stereocenters. The van der Waals surface area contributed by atoms with Gasteiger partial charge in [0.1, 0.15) is 11.6 Å². The Hall–Kier alpha value is -1.88. The van der Waals surface area contributed by atoms with Gasteiger partial charge in [-0.3, -0.25) is 9.59 Å². The molecule has 5 heteroatoms. The third-order valence-electron chi connectivity index (χ3n) is 1.92. The molecule has 0 aliphatic heterocycles. The van der Waals surface area contributed by atoms with Crippen LogP contribution in [0.5, 0.6) is 0 Å². The van der Waals surface area contributed by atoms with E-state index in [9.17, 15) is 9.59 Å². The fraction of sp³-hybridized carbons (Fsp3) is 0.429. The van der Waals surface area contributed by atoms with Gasteiger partial charge >= 0.3 is 5.97 Å². The number of carbonyl (C=O) groups excluding carboxylic acids is 2. The molecular weight excluding hydrogens is 244 g/mol. The van der Waals surface area contributed by atoms with E-state index in [2.05, 4.69) is 0 Å². The first kappa shape index (κ1) is 17.1. The van der Waals surface area contributed by atoms with Crippen molar-refractivity contribution in [2.24, 2.45) is 11.5 Å². The van der Waals surface area contributed by atoms with E-state index in [1.807, 2.05) is 39.0 Å². The van der Waals surface area contributed by atoms with Crippen molar-refractivity contribution < 1.29 is 14.3 Å². The fourth-order valence-electron chi connectivity index (χ4n) is 1.26. The smallest absolute Gasteiger partial charge is 0.303 e. The molecule has 19 heavy (non-hydrogen) atoms. The van der Waals surface area contributed by atoms with Gasteiger partial charge < -0.3 is 16.2 Å². The second-order valence-electron chi connectivity index (χ2n) is 5.00. The Labute approximate surface area is 113 Å². The molecule has 0 saturated carbocycles. The normalized spacial score (nSPS) is 11.8. The first-order valence-corrected chi connectivity index (χ1v) is 5.93. The van der Waals surface area contributed by atoms with Crippen LogP contribution < -0.4 is 11.5 Å². The van der Waals surface area contributed by atoms with Crippen molar-refractivity contribution in [3.63, 3.8) is 0 Å². The standard InChI is InChI=1S/C8H10N2O.C6H12O2/c9-7(8(10)11)6-4-2-1-3-5-6;1-5(7)8-6(2,3)4/h1-5,7H,9H2,(H2,10,11);1-4H3/t7-;/m1./s1. The van der Waals surface area contributed by atoms with E-state index in [0.717, 1.165) is 5.56 Å². The van der Waals surface area contributed by atoms with E-state index >= 15 is 0 Å². The predicted molar refractivity (Wildman–Crippen MR) is 74.1 cm³/mol.